The summed E-state index contributed by atoms with van der Waals surface area (Å²) in [5.41, 5.74) is 0.979. The summed E-state index contributed by atoms with van der Waals surface area (Å²) in [7, 11) is 1.58. The third-order valence-corrected chi connectivity index (χ3v) is 5.01. The Hall–Kier alpha value is -2.29. The maximum absolute atomic E-state index is 12.6. The van der Waals surface area contributed by atoms with Gasteiger partial charge >= 0.3 is 0 Å². The Labute approximate surface area is 170 Å². The van der Waals surface area contributed by atoms with Crippen molar-refractivity contribution in [3.05, 3.63) is 35.6 Å². The van der Waals surface area contributed by atoms with Gasteiger partial charge in [0.2, 0.25) is 13.1 Å². The first kappa shape index (κ1) is 21.4. The highest BCUT2D eigenvalue weighted by Gasteiger charge is 2.38. The molecule has 3 atom stereocenters. The summed E-state index contributed by atoms with van der Waals surface area (Å²) in [6, 6.07) is 5.78. The van der Waals surface area contributed by atoms with Gasteiger partial charge < -0.3 is 34.1 Å². The average molecular weight is 407 g/mol. The maximum atomic E-state index is 12.6. The lowest BCUT2D eigenvalue weighted by Crippen LogP contribution is -2.39. The third-order valence-electron chi connectivity index (χ3n) is 5.01. The highest BCUT2D eigenvalue weighted by Crippen LogP contribution is 2.42. The highest BCUT2D eigenvalue weighted by molar-refractivity contribution is 5.91. The van der Waals surface area contributed by atoms with E-state index in [1.54, 1.807) is 7.11 Å². The summed E-state index contributed by atoms with van der Waals surface area (Å²) in [4.78, 5) is 12.6. The third kappa shape index (κ3) is 5.20. The Kier molecular flexibility index (Phi) is 7.74. The predicted molar refractivity (Wildman–Crippen MR) is 105 cm³/mol. The van der Waals surface area contributed by atoms with Gasteiger partial charge in [-0.2, -0.15) is 0 Å². The molecule has 0 spiro atoms. The molecule has 0 bridgehead atoms. The molecule has 1 aromatic carbocycles. The van der Waals surface area contributed by atoms with E-state index in [9.17, 15) is 9.90 Å². The molecule has 29 heavy (non-hydrogen) atoms. The summed E-state index contributed by atoms with van der Waals surface area (Å²) in [6.07, 6.45) is 2.55. The summed E-state index contributed by atoms with van der Waals surface area (Å²) < 4.78 is 27.7. The lowest BCUT2D eigenvalue weighted by Gasteiger charge is -2.37. The number of rotatable bonds is 10. The molecule has 0 fully saturated rings. The molecule has 8 heteroatoms. The minimum Gasteiger partial charge on any atom is -0.459 e. The first-order chi connectivity index (χ1) is 14.2. The van der Waals surface area contributed by atoms with Crippen molar-refractivity contribution in [2.24, 2.45) is 5.92 Å². The highest BCUT2D eigenvalue weighted by atomic mass is 16.7. The normalized spacial score (nSPS) is 22.7. The Balaban J connectivity index is 1.90. The largest absolute Gasteiger partial charge is 0.459 e. The Morgan fingerprint density at radius 1 is 1.31 bits per heavy atom. The van der Waals surface area contributed by atoms with E-state index < -0.39 is 6.29 Å². The zero-order chi connectivity index (χ0) is 20.6. The Morgan fingerprint density at radius 2 is 2.14 bits per heavy atom. The lowest BCUT2D eigenvalue weighted by molar-refractivity contribution is -0.166. The van der Waals surface area contributed by atoms with Gasteiger partial charge in [-0.25, -0.2) is 0 Å². The van der Waals surface area contributed by atoms with Crippen molar-refractivity contribution in [1.82, 2.24) is 5.32 Å². The minimum absolute atomic E-state index is 0.0574. The van der Waals surface area contributed by atoms with Gasteiger partial charge in [0.1, 0.15) is 0 Å². The number of aliphatic hydroxyl groups excluding tert-OH is 1. The Bertz CT molecular complexity index is 721. The fourth-order valence-corrected chi connectivity index (χ4v) is 3.62. The fourth-order valence-electron chi connectivity index (χ4n) is 3.62. The molecule has 0 unspecified atom stereocenters. The summed E-state index contributed by atoms with van der Waals surface area (Å²) in [5.74, 6) is 1.11. The van der Waals surface area contributed by atoms with Crippen LogP contribution in [-0.4, -0.2) is 57.6 Å². The van der Waals surface area contributed by atoms with E-state index in [0.717, 1.165) is 5.56 Å². The van der Waals surface area contributed by atoms with Crippen LogP contribution >= 0.6 is 0 Å². The number of hydrogen-bond acceptors (Lipinski definition) is 7. The van der Waals surface area contributed by atoms with Crippen molar-refractivity contribution in [2.75, 3.05) is 40.3 Å². The number of ether oxygens (including phenoxy) is 5. The van der Waals surface area contributed by atoms with Crippen LogP contribution in [0.4, 0.5) is 0 Å². The van der Waals surface area contributed by atoms with Crippen molar-refractivity contribution in [3.63, 3.8) is 0 Å². The van der Waals surface area contributed by atoms with Crippen LogP contribution in [-0.2, 0) is 19.0 Å². The number of amides is 1. The second-order valence-electron chi connectivity index (χ2n) is 6.89. The van der Waals surface area contributed by atoms with Gasteiger partial charge in [-0.05, 0) is 43.5 Å². The van der Waals surface area contributed by atoms with Crippen molar-refractivity contribution in [3.8, 4) is 11.5 Å². The van der Waals surface area contributed by atoms with E-state index in [-0.39, 0.29) is 36.9 Å². The first-order valence-electron chi connectivity index (χ1n) is 9.95. The van der Waals surface area contributed by atoms with Gasteiger partial charge in [0.25, 0.3) is 5.91 Å². The van der Waals surface area contributed by atoms with Gasteiger partial charge in [0.15, 0.2) is 17.3 Å². The quantitative estimate of drug-likeness (QED) is 0.572. The molecule has 2 heterocycles. The molecule has 2 aliphatic rings. The standard InChI is InChI=1S/C21H29NO7/c1-3-26-21-15(5-4-9-23)16(12-19(29-21)20(24)22-8-10-25-2)14-6-7-17-18(11-14)28-13-27-17/h6-7,11-12,15-16,21,23H,3-5,8-10,13H2,1-2H3,(H,22,24)/t15-,16-,21-/m0/s1. The smallest absolute Gasteiger partial charge is 0.286 e. The molecule has 160 valence electrons. The lowest BCUT2D eigenvalue weighted by atomic mass is 9.80. The van der Waals surface area contributed by atoms with Crippen LogP contribution in [0, 0.1) is 5.92 Å². The first-order valence-corrected chi connectivity index (χ1v) is 9.95. The molecule has 1 amide bonds. The van der Waals surface area contributed by atoms with Crippen LogP contribution < -0.4 is 14.8 Å². The minimum atomic E-state index is -0.588. The van der Waals surface area contributed by atoms with Crippen LogP contribution in [0.3, 0.4) is 0 Å². The van der Waals surface area contributed by atoms with Crippen LogP contribution in [0.25, 0.3) is 0 Å². The number of nitrogens with one attached hydrogen (secondary N) is 1. The number of carbonyl (C=O) groups excluding carboxylic acids is 1. The van der Waals surface area contributed by atoms with Gasteiger partial charge in [-0.1, -0.05) is 6.07 Å². The average Bonchev–Trinajstić information content (AvgIpc) is 3.20. The summed E-state index contributed by atoms with van der Waals surface area (Å²) in [5, 5.41) is 12.1. The van der Waals surface area contributed by atoms with Crippen molar-refractivity contribution in [2.45, 2.75) is 32.0 Å². The molecule has 2 N–H and O–H groups in total. The monoisotopic (exact) mass is 407 g/mol. The molecule has 0 aliphatic carbocycles. The van der Waals surface area contributed by atoms with Crippen LogP contribution in [0.1, 0.15) is 31.2 Å². The van der Waals surface area contributed by atoms with E-state index in [1.807, 2.05) is 31.2 Å². The van der Waals surface area contributed by atoms with Crippen LogP contribution in [0.5, 0.6) is 11.5 Å². The van der Waals surface area contributed by atoms with Gasteiger partial charge in [-0.3, -0.25) is 4.79 Å². The van der Waals surface area contributed by atoms with E-state index in [4.69, 9.17) is 23.7 Å². The van der Waals surface area contributed by atoms with E-state index in [2.05, 4.69) is 5.32 Å². The van der Waals surface area contributed by atoms with Crippen molar-refractivity contribution < 1.29 is 33.6 Å². The van der Waals surface area contributed by atoms with Gasteiger partial charge in [0.05, 0.1) is 6.61 Å². The number of fused-ring (bicyclic) bond motifs is 1. The molecule has 1 aromatic rings. The predicted octanol–water partition coefficient (Wildman–Crippen LogP) is 1.93. The molecule has 0 aromatic heterocycles. The van der Waals surface area contributed by atoms with E-state index >= 15 is 0 Å². The van der Waals surface area contributed by atoms with Crippen LogP contribution in [0.2, 0.25) is 0 Å². The van der Waals surface area contributed by atoms with E-state index in [1.165, 1.54) is 0 Å². The number of methoxy groups -OCH3 is 1. The number of aliphatic hydroxyl groups is 1. The molecular formula is C21H29NO7. The second kappa shape index (κ2) is 10.5. The molecule has 0 saturated heterocycles. The SMILES string of the molecule is CCO[C@H]1OC(C(=O)NCCOC)=C[C@@H](c2ccc3c(c2)OCO3)[C@@H]1CCCO. The van der Waals surface area contributed by atoms with Crippen molar-refractivity contribution >= 4 is 5.91 Å². The zero-order valence-electron chi connectivity index (χ0n) is 16.9. The number of hydrogen-bond donors (Lipinski definition) is 2. The van der Waals surface area contributed by atoms with Gasteiger partial charge in [-0.15, -0.1) is 0 Å². The Morgan fingerprint density at radius 3 is 2.90 bits per heavy atom. The zero-order valence-corrected chi connectivity index (χ0v) is 16.9. The van der Waals surface area contributed by atoms with Gasteiger partial charge in [0, 0.05) is 38.7 Å². The molecule has 0 radical (unpaired) electrons. The molecule has 2 aliphatic heterocycles. The topological polar surface area (TPSA) is 95.5 Å². The maximum Gasteiger partial charge on any atom is 0.286 e. The number of benzene rings is 1. The molecule has 3 rings (SSSR count). The fraction of sp³-hybridized carbons (Fsp3) is 0.571. The number of allylic oxidation sites excluding steroid dienone is 1. The molecule has 0 saturated carbocycles. The second-order valence-corrected chi connectivity index (χ2v) is 6.89. The summed E-state index contributed by atoms with van der Waals surface area (Å²) in [6.45, 7) is 3.42. The number of carbonyl (C=O) groups is 1. The molecule has 8 nitrogen and oxygen atoms in total. The summed E-state index contributed by atoms with van der Waals surface area (Å²) >= 11 is 0. The molecular weight excluding hydrogens is 378 g/mol. The van der Waals surface area contributed by atoms with Crippen molar-refractivity contribution in [1.29, 1.82) is 0 Å². The van der Waals surface area contributed by atoms with Crippen LogP contribution in [0.15, 0.2) is 30.0 Å². The van der Waals surface area contributed by atoms with E-state index in [0.29, 0.717) is 44.1 Å².